The topological polar surface area (TPSA) is 12.0 Å². The first-order valence-corrected chi connectivity index (χ1v) is 7.08. The maximum atomic E-state index is 14.1. The molecule has 0 bridgehead atoms. The van der Waals surface area contributed by atoms with E-state index in [9.17, 15) is 4.39 Å². The van der Waals surface area contributed by atoms with Crippen LogP contribution < -0.4 is 5.32 Å². The lowest BCUT2D eigenvalue weighted by atomic mass is 9.97. The summed E-state index contributed by atoms with van der Waals surface area (Å²) in [6.45, 7) is 2.01. The van der Waals surface area contributed by atoms with Crippen LogP contribution in [-0.2, 0) is 0 Å². The molecule has 2 aromatic carbocycles. The Balaban J connectivity index is 2.52. The zero-order valence-electron chi connectivity index (χ0n) is 10.7. The molecule has 0 saturated heterocycles. The quantitative estimate of drug-likeness (QED) is 0.840. The highest BCUT2D eigenvalue weighted by Gasteiger charge is 2.18. The molecule has 0 aromatic heterocycles. The summed E-state index contributed by atoms with van der Waals surface area (Å²) in [4.78, 5) is 0. The maximum absolute atomic E-state index is 14.1. The van der Waals surface area contributed by atoms with Gasteiger partial charge in [-0.25, -0.2) is 4.39 Å². The number of hydrogen-bond acceptors (Lipinski definition) is 1. The summed E-state index contributed by atoms with van der Waals surface area (Å²) in [6, 6.07) is 10.6. The molecule has 1 unspecified atom stereocenters. The molecule has 2 rings (SSSR count). The minimum absolute atomic E-state index is 0.216. The molecule has 0 fully saturated rings. The van der Waals surface area contributed by atoms with Gasteiger partial charge in [-0.3, -0.25) is 0 Å². The molecule has 0 aliphatic carbocycles. The van der Waals surface area contributed by atoms with E-state index in [4.69, 9.17) is 11.6 Å². The first-order valence-electron chi connectivity index (χ1n) is 5.91. The SMILES string of the molecule is CNC(c1ccc(Cl)cc1F)c1cc(C)ccc1Br. The Hall–Kier alpha value is -0.900. The Morgan fingerprint density at radius 1 is 1.16 bits per heavy atom. The molecule has 19 heavy (non-hydrogen) atoms. The molecule has 0 saturated carbocycles. The summed E-state index contributed by atoms with van der Waals surface area (Å²) in [5.74, 6) is -0.305. The zero-order chi connectivity index (χ0) is 14.0. The van der Waals surface area contributed by atoms with Gasteiger partial charge in [0.25, 0.3) is 0 Å². The van der Waals surface area contributed by atoms with Crippen molar-refractivity contribution >= 4 is 27.5 Å². The number of hydrogen-bond donors (Lipinski definition) is 1. The molecule has 1 atom stereocenters. The van der Waals surface area contributed by atoms with Crippen LogP contribution in [0.25, 0.3) is 0 Å². The smallest absolute Gasteiger partial charge is 0.129 e. The summed E-state index contributed by atoms with van der Waals surface area (Å²) in [6.07, 6.45) is 0. The van der Waals surface area contributed by atoms with Crippen molar-refractivity contribution in [3.63, 3.8) is 0 Å². The minimum Gasteiger partial charge on any atom is -0.309 e. The van der Waals surface area contributed by atoms with Gasteiger partial charge in [-0.1, -0.05) is 51.3 Å². The van der Waals surface area contributed by atoms with Gasteiger partial charge in [-0.15, -0.1) is 0 Å². The lowest BCUT2D eigenvalue weighted by Crippen LogP contribution is -2.19. The molecule has 4 heteroatoms. The van der Waals surface area contributed by atoms with Gasteiger partial charge in [-0.2, -0.15) is 0 Å². The fourth-order valence-corrected chi connectivity index (χ4v) is 2.73. The second kappa shape index (κ2) is 6.04. The van der Waals surface area contributed by atoms with Crippen LogP contribution in [0.1, 0.15) is 22.7 Å². The summed E-state index contributed by atoms with van der Waals surface area (Å²) >= 11 is 9.32. The van der Waals surface area contributed by atoms with Crippen LogP contribution in [0.5, 0.6) is 0 Å². The van der Waals surface area contributed by atoms with Gasteiger partial charge in [0, 0.05) is 15.1 Å². The van der Waals surface area contributed by atoms with E-state index in [1.165, 1.54) is 6.07 Å². The first kappa shape index (κ1) is 14.5. The molecule has 0 heterocycles. The van der Waals surface area contributed by atoms with E-state index < -0.39 is 0 Å². The van der Waals surface area contributed by atoms with Crippen LogP contribution in [0, 0.1) is 12.7 Å². The zero-order valence-corrected chi connectivity index (χ0v) is 13.0. The van der Waals surface area contributed by atoms with Crippen molar-refractivity contribution in [2.24, 2.45) is 0 Å². The third-order valence-electron chi connectivity index (χ3n) is 3.02. The van der Waals surface area contributed by atoms with Gasteiger partial charge in [0.05, 0.1) is 6.04 Å². The maximum Gasteiger partial charge on any atom is 0.129 e. The highest BCUT2D eigenvalue weighted by molar-refractivity contribution is 9.10. The Morgan fingerprint density at radius 3 is 2.53 bits per heavy atom. The van der Waals surface area contributed by atoms with E-state index in [0.717, 1.165) is 15.6 Å². The molecule has 1 nitrogen and oxygen atoms in total. The monoisotopic (exact) mass is 341 g/mol. The Kier molecular flexibility index (Phi) is 4.61. The molecular formula is C15H14BrClFN. The van der Waals surface area contributed by atoms with Crippen molar-refractivity contribution in [2.75, 3.05) is 7.05 Å². The fourth-order valence-electron chi connectivity index (χ4n) is 2.10. The second-order valence-corrected chi connectivity index (χ2v) is 5.70. The average Bonchev–Trinajstić information content (AvgIpc) is 2.36. The van der Waals surface area contributed by atoms with E-state index >= 15 is 0 Å². The number of nitrogens with one attached hydrogen (secondary N) is 1. The van der Waals surface area contributed by atoms with Gasteiger partial charge in [-0.05, 0) is 37.7 Å². The molecule has 100 valence electrons. The van der Waals surface area contributed by atoms with Gasteiger partial charge in [0.15, 0.2) is 0 Å². The lowest BCUT2D eigenvalue weighted by molar-refractivity contribution is 0.575. The van der Waals surface area contributed by atoms with E-state index in [1.54, 1.807) is 12.1 Å². The van der Waals surface area contributed by atoms with Gasteiger partial charge >= 0.3 is 0 Å². The second-order valence-electron chi connectivity index (χ2n) is 4.41. The minimum atomic E-state index is -0.305. The molecule has 0 aliphatic heterocycles. The Morgan fingerprint density at radius 2 is 1.89 bits per heavy atom. The van der Waals surface area contributed by atoms with E-state index in [1.807, 2.05) is 32.2 Å². The van der Waals surface area contributed by atoms with Crippen molar-refractivity contribution in [1.82, 2.24) is 5.32 Å². The number of rotatable bonds is 3. The van der Waals surface area contributed by atoms with Crippen molar-refractivity contribution in [3.05, 3.63) is 68.4 Å². The van der Waals surface area contributed by atoms with Crippen LogP contribution in [0.4, 0.5) is 4.39 Å². The van der Waals surface area contributed by atoms with Gasteiger partial charge in [0.1, 0.15) is 5.82 Å². The predicted octanol–water partition coefficient (Wildman–Crippen LogP) is 4.86. The van der Waals surface area contributed by atoms with Gasteiger partial charge < -0.3 is 5.32 Å². The van der Waals surface area contributed by atoms with Crippen LogP contribution in [0.2, 0.25) is 5.02 Å². The fraction of sp³-hybridized carbons (Fsp3) is 0.200. The summed E-state index contributed by atoms with van der Waals surface area (Å²) in [5.41, 5.74) is 2.72. The van der Waals surface area contributed by atoms with Crippen molar-refractivity contribution in [2.45, 2.75) is 13.0 Å². The van der Waals surface area contributed by atoms with E-state index in [-0.39, 0.29) is 11.9 Å². The molecule has 2 aromatic rings. The molecule has 1 N–H and O–H groups in total. The number of aryl methyl sites for hydroxylation is 1. The van der Waals surface area contributed by atoms with Crippen molar-refractivity contribution < 1.29 is 4.39 Å². The number of halogens is 3. The highest BCUT2D eigenvalue weighted by atomic mass is 79.9. The van der Waals surface area contributed by atoms with Crippen molar-refractivity contribution in [3.8, 4) is 0 Å². The van der Waals surface area contributed by atoms with Crippen LogP contribution in [0.15, 0.2) is 40.9 Å². The Bertz CT molecular complexity index is 601. The standard InChI is InChI=1S/C15H14BrClFN/c1-9-3-6-13(16)12(7-9)15(19-2)11-5-4-10(17)8-14(11)18/h3-8,15,19H,1-2H3. The number of benzene rings is 2. The van der Waals surface area contributed by atoms with Crippen LogP contribution >= 0.6 is 27.5 Å². The highest BCUT2D eigenvalue weighted by Crippen LogP contribution is 2.31. The summed E-state index contributed by atoms with van der Waals surface area (Å²) < 4.78 is 15.0. The first-order chi connectivity index (χ1) is 9.02. The third kappa shape index (κ3) is 3.16. The van der Waals surface area contributed by atoms with Crippen LogP contribution in [0.3, 0.4) is 0 Å². The Labute approximate surface area is 125 Å². The lowest BCUT2D eigenvalue weighted by Gasteiger charge is -2.20. The van der Waals surface area contributed by atoms with E-state index in [2.05, 4.69) is 21.2 Å². The third-order valence-corrected chi connectivity index (χ3v) is 3.98. The van der Waals surface area contributed by atoms with Gasteiger partial charge in [0.2, 0.25) is 0 Å². The molecule has 0 radical (unpaired) electrons. The average molecular weight is 343 g/mol. The predicted molar refractivity (Wildman–Crippen MR) is 81.2 cm³/mol. The molecule has 0 amide bonds. The van der Waals surface area contributed by atoms with Crippen molar-refractivity contribution in [1.29, 1.82) is 0 Å². The normalized spacial score (nSPS) is 12.5. The summed E-state index contributed by atoms with van der Waals surface area (Å²) in [5, 5.41) is 3.55. The van der Waals surface area contributed by atoms with E-state index in [0.29, 0.717) is 10.6 Å². The molecule has 0 aliphatic rings. The summed E-state index contributed by atoms with van der Waals surface area (Å²) in [7, 11) is 1.81. The van der Waals surface area contributed by atoms with Crippen LogP contribution in [-0.4, -0.2) is 7.05 Å². The molecule has 0 spiro atoms. The molecular weight excluding hydrogens is 329 g/mol. The largest absolute Gasteiger partial charge is 0.309 e.